The standard InChI is InChI=1S/C34H38ClFIN5O5/c1-6-34-13-12-21(42(34)32(44)47-33(3,4)5)27-18(2)46-30-23-22(24(36)28(35)39-30)25(37)26(38-29(23)41(27)17-34)20-14-40(15-20)31(43)45-16-19-10-8-7-9-11-19/h7-11,18,20-21,27H,6,12-17H2,1-5H3/t18-,21-,27+,34+/m0/s1. The number of piperazine rings is 1. The second kappa shape index (κ2) is 11.8. The monoisotopic (exact) mass is 777 g/mol. The molecule has 0 N–H and O–H groups in total. The van der Waals surface area contributed by atoms with Gasteiger partial charge in [-0.15, -0.1) is 0 Å². The van der Waals surface area contributed by atoms with E-state index in [-0.39, 0.29) is 41.7 Å². The predicted molar refractivity (Wildman–Crippen MR) is 184 cm³/mol. The first kappa shape index (κ1) is 32.4. The van der Waals surface area contributed by atoms with Gasteiger partial charge in [-0.05, 0) is 75.1 Å². The van der Waals surface area contributed by atoms with Crippen LogP contribution in [0.2, 0.25) is 5.15 Å². The molecule has 47 heavy (non-hydrogen) atoms. The number of amides is 2. The highest BCUT2D eigenvalue weighted by atomic mass is 127. The third kappa shape index (κ3) is 5.43. The second-order valence-electron chi connectivity index (χ2n) is 14.0. The first-order valence-electron chi connectivity index (χ1n) is 16.1. The summed E-state index contributed by atoms with van der Waals surface area (Å²) < 4.78 is 34.6. The number of aromatic nitrogens is 2. The summed E-state index contributed by atoms with van der Waals surface area (Å²) in [6.45, 7) is 11.1. The molecule has 13 heteroatoms. The smallest absolute Gasteiger partial charge is 0.411 e. The Hall–Kier alpha value is -3.13. The van der Waals surface area contributed by atoms with Crippen molar-refractivity contribution in [3.8, 4) is 5.88 Å². The molecule has 10 nitrogen and oxygen atoms in total. The van der Waals surface area contributed by atoms with Gasteiger partial charge < -0.3 is 24.0 Å². The number of likely N-dealkylation sites (tertiary alicyclic amines) is 1. The highest BCUT2D eigenvalue weighted by Crippen LogP contribution is 2.51. The van der Waals surface area contributed by atoms with Gasteiger partial charge in [0.15, 0.2) is 11.0 Å². The van der Waals surface area contributed by atoms with Crippen molar-refractivity contribution >= 4 is 63.0 Å². The number of fused-ring (bicyclic) bond motifs is 5. The van der Waals surface area contributed by atoms with E-state index in [9.17, 15) is 9.59 Å². The van der Waals surface area contributed by atoms with Crippen LogP contribution in [0.25, 0.3) is 10.8 Å². The first-order chi connectivity index (χ1) is 22.3. The van der Waals surface area contributed by atoms with Gasteiger partial charge in [0.2, 0.25) is 5.88 Å². The molecule has 3 fully saturated rings. The molecule has 0 aliphatic carbocycles. The summed E-state index contributed by atoms with van der Waals surface area (Å²) >= 11 is 8.52. The van der Waals surface area contributed by atoms with Crippen LogP contribution in [0.4, 0.5) is 19.8 Å². The Labute approximate surface area is 292 Å². The van der Waals surface area contributed by atoms with Gasteiger partial charge in [-0.3, -0.25) is 4.90 Å². The largest absolute Gasteiger partial charge is 0.472 e. The normalized spacial score (nSPS) is 25.2. The molecule has 4 aliphatic heterocycles. The fourth-order valence-electron chi connectivity index (χ4n) is 7.70. The predicted octanol–water partition coefficient (Wildman–Crippen LogP) is 7.28. The zero-order chi connectivity index (χ0) is 33.4. The number of carbonyl (C=O) groups is 2. The fraction of sp³-hybridized carbons (Fsp3) is 0.529. The Morgan fingerprint density at radius 1 is 1.15 bits per heavy atom. The third-order valence-electron chi connectivity index (χ3n) is 9.96. The maximum absolute atomic E-state index is 16.0. The molecule has 2 amide bonds. The Morgan fingerprint density at radius 2 is 1.87 bits per heavy atom. The van der Waals surface area contributed by atoms with E-state index >= 15 is 4.39 Å². The maximum Gasteiger partial charge on any atom is 0.411 e. The number of carbonyl (C=O) groups excluding carboxylic acids is 2. The summed E-state index contributed by atoms with van der Waals surface area (Å²) in [6, 6.07) is 9.01. The lowest BCUT2D eigenvalue weighted by molar-refractivity contribution is -0.0216. The van der Waals surface area contributed by atoms with Crippen molar-refractivity contribution in [3.63, 3.8) is 0 Å². The van der Waals surface area contributed by atoms with Gasteiger partial charge in [0.1, 0.15) is 24.1 Å². The summed E-state index contributed by atoms with van der Waals surface area (Å²) in [5.74, 6) is 0.0294. The van der Waals surface area contributed by atoms with Gasteiger partial charge in [0, 0.05) is 34.5 Å². The van der Waals surface area contributed by atoms with Crippen molar-refractivity contribution in [3.05, 3.63) is 56.1 Å². The fourth-order valence-corrected chi connectivity index (χ4v) is 8.94. The maximum atomic E-state index is 16.0. The summed E-state index contributed by atoms with van der Waals surface area (Å²) in [7, 11) is 0. The third-order valence-corrected chi connectivity index (χ3v) is 11.3. The van der Waals surface area contributed by atoms with Crippen LogP contribution in [0, 0.1) is 9.39 Å². The Kier molecular flexibility index (Phi) is 8.13. The lowest BCUT2D eigenvalue weighted by Gasteiger charge is -2.53. The van der Waals surface area contributed by atoms with E-state index in [4.69, 9.17) is 30.8 Å². The number of hydrogen-bond donors (Lipinski definition) is 0. The molecule has 7 rings (SSSR count). The molecule has 0 saturated carbocycles. The lowest BCUT2D eigenvalue weighted by atomic mass is 9.89. The van der Waals surface area contributed by atoms with Gasteiger partial charge in [0.05, 0.1) is 28.7 Å². The van der Waals surface area contributed by atoms with Crippen LogP contribution in [0.5, 0.6) is 5.88 Å². The van der Waals surface area contributed by atoms with Crippen molar-refractivity contribution in [1.29, 1.82) is 0 Å². The van der Waals surface area contributed by atoms with Crippen LogP contribution in [-0.2, 0) is 16.1 Å². The molecule has 0 unspecified atom stereocenters. The van der Waals surface area contributed by atoms with Crippen molar-refractivity contribution < 1.29 is 28.2 Å². The van der Waals surface area contributed by atoms with Crippen LogP contribution in [0.1, 0.15) is 71.1 Å². The molecule has 6 heterocycles. The van der Waals surface area contributed by atoms with Gasteiger partial charge in [0.25, 0.3) is 0 Å². The minimum atomic E-state index is -0.647. The molecule has 3 aromatic rings. The van der Waals surface area contributed by atoms with E-state index in [1.54, 1.807) is 4.90 Å². The molecular formula is C34H38ClFIN5O5. The van der Waals surface area contributed by atoms with E-state index in [0.717, 1.165) is 18.4 Å². The molecule has 4 aliphatic rings. The number of pyridine rings is 2. The minimum Gasteiger partial charge on any atom is -0.472 e. The quantitative estimate of drug-likeness (QED) is 0.202. The number of nitrogens with zero attached hydrogens (tertiary/aromatic N) is 5. The Bertz CT molecular complexity index is 1750. The van der Waals surface area contributed by atoms with Crippen molar-refractivity contribution in [2.75, 3.05) is 24.5 Å². The van der Waals surface area contributed by atoms with Crippen molar-refractivity contribution in [2.24, 2.45) is 0 Å². The summed E-state index contributed by atoms with van der Waals surface area (Å²) in [5, 5.41) is 0.512. The number of hydrogen-bond acceptors (Lipinski definition) is 8. The average Bonchev–Trinajstić information content (AvgIpc) is 3.21. The van der Waals surface area contributed by atoms with Crippen LogP contribution < -0.4 is 9.64 Å². The molecule has 0 radical (unpaired) electrons. The number of halogens is 3. The zero-order valence-electron chi connectivity index (χ0n) is 27.1. The Morgan fingerprint density at radius 3 is 2.55 bits per heavy atom. The van der Waals surface area contributed by atoms with Crippen LogP contribution >= 0.6 is 34.2 Å². The molecule has 4 atom stereocenters. The van der Waals surface area contributed by atoms with E-state index in [1.807, 2.05) is 62.9 Å². The molecule has 3 saturated heterocycles. The highest BCUT2D eigenvalue weighted by molar-refractivity contribution is 14.1. The van der Waals surface area contributed by atoms with E-state index in [0.29, 0.717) is 51.9 Å². The van der Waals surface area contributed by atoms with Gasteiger partial charge >= 0.3 is 12.2 Å². The number of ether oxygens (including phenoxy) is 3. The van der Waals surface area contributed by atoms with E-state index < -0.39 is 29.2 Å². The molecule has 2 aromatic heterocycles. The molecule has 0 spiro atoms. The Balaban J connectivity index is 1.26. The van der Waals surface area contributed by atoms with Gasteiger partial charge in [-0.1, -0.05) is 48.9 Å². The van der Waals surface area contributed by atoms with Gasteiger partial charge in [-0.2, -0.15) is 4.98 Å². The SMILES string of the molecule is CC[C@@]12CC[C@@H]([C@H]3[C@H](C)Oc4nc(Cl)c(F)c5c(I)c(C6CN(C(=O)OCc7ccccc7)C6)nc(c45)N3C1)N2C(=O)OC(C)(C)C. The summed E-state index contributed by atoms with van der Waals surface area (Å²) in [4.78, 5) is 42.0. The molecule has 2 bridgehead atoms. The first-order valence-corrected chi connectivity index (χ1v) is 17.6. The van der Waals surface area contributed by atoms with Crippen LogP contribution in [0.15, 0.2) is 30.3 Å². The topological polar surface area (TPSA) is 97.3 Å². The number of rotatable bonds is 4. The van der Waals surface area contributed by atoms with Crippen molar-refractivity contribution in [2.45, 2.75) is 95.7 Å². The summed E-state index contributed by atoms with van der Waals surface area (Å²) in [6.07, 6.45) is 1.12. The van der Waals surface area contributed by atoms with Crippen molar-refractivity contribution in [1.82, 2.24) is 19.8 Å². The second-order valence-corrected chi connectivity index (χ2v) is 15.5. The minimum absolute atomic E-state index is 0.137. The molecule has 1 aromatic carbocycles. The average molecular weight is 778 g/mol. The number of anilines is 1. The van der Waals surface area contributed by atoms with Crippen LogP contribution in [-0.4, -0.2) is 80.9 Å². The highest BCUT2D eigenvalue weighted by Gasteiger charge is 2.60. The molecular weight excluding hydrogens is 740 g/mol. The van der Waals surface area contributed by atoms with E-state index in [2.05, 4.69) is 39.4 Å². The molecule has 250 valence electrons. The van der Waals surface area contributed by atoms with E-state index in [1.165, 1.54) is 0 Å². The lowest BCUT2D eigenvalue weighted by Crippen LogP contribution is -2.70. The zero-order valence-corrected chi connectivity index (χ0v) is 30.0. The number of benzene rings is 1. The van der Waals surface area contributed by atoms with Crippen LogP contribution in [0.3, 0.4) is 0 Å². The van der Waals surface area contributed by atoms with Gasteiger partial charge in [-0.25, -0.2) is 19.0 Å². The summed E-state index contributed by atoms with van der Waals surface area (Å²) in [5.41, 5.74) is 0.450.